The molecule has 0 aliphatic carbocycles. The van der Waals surface area contributed by atoms with E-state index in [9.17, 15) is 31.5 Å². The third-order valence-corrected chi connectivity index (χ3v) is 3.94. The molecule has 1 N–H and O–H groups in total. The zero-order valence-electron chi connectivity index (χ0n) is 14.8. The molecule has 1 amide bonds. The van der Waals surface area contributed by atoms with Gasteiger partial charge in [0.1, 0.15) is 11.6 Å². The number of fused-ring (bicyclic) bond motifs is 1. The molecule has 0 saturated heterocycles. The third kappa shape index (κ3) is 4.00. The van der Waals surface area contributed by atoms with Crippen molar-refractivity contribution in [3.63, 3.8) is 0 Å². The summed E-state index contributed by atoms with van der Waals surface area (Å²) >= 11 is 0. The smallest absolute Gasteiger partial charge is 0.456 e. The molecule has 0 radical (unpaired) electrons. The number of hydrogen-bond acceptors (Lipinski definition) is 5. The fraction of sp³-hybridized carbons (Fsp3) is 0.353. The van der Waals surface area contributed by atoms with Crippen molar-refractivity contribution in [1.82, 2.24) is 9.55 Å². The van der Waals surface area contributed by atoms with Gasteiger partial charge < -0.3 is 14.8 Å². The lowest BCUT2D eigenvalue weighted by Crippen LogP contribution is -2.41. The first kappa shape index (κ1) is 20.6. The van der Waals surface area contributed by atoms with Crippen molar-refractivity contribution in [1.29, 1.82) is 0 Å². The number of aromatic nitrogens is 2. The second kappa shape index (κ2) is 7.33. The molecule has 0 atom stereocenters. The van der Waals surface area contributed by atoms with Crippen LogP contribution in [0.1, 0.15) is 12.5 Å². The molecule has 12 heteroatoms. The van der Waals surface area contributed by atoms with Crippen molar-refractivity contribution in [2.75, 3.05) is 18.5 Å². The highest BCUT2D eigenvalue weighted by Crippen LogP contribution is 2.35. The summed E-state index contributed by atoms with van der Waals surface area (Å²) in [4.78, 5) is 28.4. The molecule has 0 unspecified atom stereocenters. The standard InChI is InChI=1S/C17H14F5N3O4/c1-2-28-15-24-13-11(7-12(26)23-13)14(27)25(15)9-3-5-10(6-4-9)29-8-16(18,19)17(20,21)22/h3-6H,2,7-8H2,1H3,(H,23,26). The van der Waals surface area contributed by atoms with Gasteiger partial charge in [-0.1, -0.05) is 0 Å². The Hall–Kier alpha value is -3.18. The quantitative estimate of drug-likeness (QED) is 0.729. The van der Waals surface area contributed by atoms with E-state index in [0.29, 0.717) is 0 Å². The number of alkyl halides is 5. The Morgan fingerprint density at radius 1 is 1.10 bits per heavy atom. The van der Waals surface area contributed by atoms with Gasteiger partial charge in [-0.05, 0) is 31.2 Å². The van der Waals surface area contributed by atoms with Crippen molar-refractivity contribution in [3.8, 4) is 17.4 Å². The summed E-state index contributed by atoms with van der Waals surface area (Å²) in [6.45, 7) is -0.0683. The Bertz CT molecular complexity index is 986. The molecule has 2 heterocycles. The maximum absolute atomic E-state index is 13.0. The number of benzene rings is 1. The predicted molar refractivity (Wildman–Crippen MR) is 89.8 cm³/mol. The molecule has 3 rings (SSSR count). The molecule has 1 aliphatic rings. The highest BCUT2D eigenvalue weighted by molar-refractivity contribution is 5.97. The average Bonchev–Trinajstić information content (AvgIpc) is 3.01. The number of nitrogens with zero attached hydrogens (tertiary/aromatic N) is 2. The van der Waals surface area contributed by atoms with E-state index in [1.165, 1.54) is 12.1 Å². The fourth-order valence-electron chi connectivity index (χ4n) is 2.54. The molecule has 1 aromatic heterocycles. The van der Waals surface area contributed by atoms with E-state index in [4.69, 9.17) is 4.74 Å². The van der Waals surface area contributed by atoms with Gasteiger partial charge in [0.05, 0.1) is 24.3 Å². The van der Waals surface area contributed by atoms with E-state index in [0.717, 1.165) is 16.7 Å². The zero-order valence-corrected chi connectivity index (χ0v) is 14.8. The molecule has 0 bridgehead atoms. The summed E-state index contributed by atoms with van der Waals surface area (Å²) in [5.41, 5.74) is -0.249. The molecule has 1 aliphatic heterocycles. The van der Waals surface area contributed by atoms with Gasteiger partial charge >= 0.3 is 18.1 Å². The van der Waals surface area contributed by atoms with Crippen molar-refractivity contribution in [2.45, 2.75) is 25.4 Å². The van der Waals surface area contributed by atoms with Crippen LogP contribution in [0.5, 0.6) is 11.8 Å². The van der Waals surface area contributed by atoms with E-state index in [2.05, 4.69) is 15.0 Å². The minimum atomic E-state index is -5.73. The molecule has 29 heavy (non-hydrogen) atoms. The van der Waals surface area contributed by atoms with E-state index in [-0.39, 0.29) is 41.9 Å². The van der Waals surface area contributed by atoms with Crippen LogP contribution in [-0.2, 0) is 11.2 Å². The van der Waals surface area contributed by atoms with Gasteiger partial charge in [-0.15, -0.1) is 0 Å². The van der Waals surface area contributed by atoms with Gasteiger partial charge in [0.2, 0.25) is 5.91 Å². The first-order valence-electron chi connectivity index (χ1n) is 8.30. The van der Waals surface area contributed by atoms with Crippen LogP contribution < -0.4 is 20.3 Å². The number of amides is 1. The molecule has 1 aromatic carbocycles. The Kier molecular flexibility index (Phi) is 5.20. The summed E-state index contributed by atoms with van der Waals surface area (Å²) in [6.07, 6.45) is -5.89. The molecule has 2 aromatic rings. The molecular weight excluding hydrogens is 405 g/mol. The molecule has 0 spiro atoms. The van der Waals surface area contributed by atoms with Gasteiger partial charge in [-0.2, -0.15) is 26.9 Å². The van der Waals surface area contributed by atoms with E-state index < -0.39 is 30.2 Å². The number of hydrogen-bond donors (Lipinski definition) is 1. The van der Waals surface area contributed by atoms with E-state index in [1.807, 2.05) is 0 Å². The predicted octanol–water partition coefficient (Wildman–Crippen LogP) is 2.70. The summed E-state index contributed by atoms with van der Waals surface area (Å²) in [6, 6.07) is 4.67. The van der Waals surface area contributed by atoms with E-state index in [1.54, 1.807) is 6.92 Å². The van der Waals surface area contributed by atoms with Crippen LogP contribution in [0, 0.1) is 0 Å². The largest absolute Gasteiger partial charge is 0.487 e. The molecule has 0 fully saturated rings. The first-order valence-corrected chi connectivity index (χ1v) is 8.30. The van der Waals surface area contributed by atoms with Crippen molar-refractivity contribution in [3.05, 3.63) is 40.2 Å². The molecule has 7 nitrogen and oxygen atoms in total. The van der Waals surface area contributed by atoms with Crippen LogP contribution in [0.15, 0.2) is 29.1 Å². The Labute approximate surface area is 160 Å². The highest BCUT2D eigenvalue weighted by Gasteiger charge is 2.58. The summed E-state index contributed by atoms with van der Waals surface area (Å²) < 4.78 is 73.4. The second-order valence-electron chi connectivity index (χ2n) is 6.00. The van der Waals surface area contributed by atoms with Crippen molar-refractivity contribution in [2.24, 2.45) is 0 Å². The topological polar surface area (TPSA) is 82.4 Å². The maximum atomic E-state index is 13.0. The second-order valence-corrected chi connectivity index (χ2v) is 6.00. The SMILES string of the molecule is CCOc1nc2c(c(=O)n1-c1ccc(OCC(F)(F)C(F)(F)F)cc1)CC(=O)N2. The monoisotopic (exact) mass is 419 g/mol. The summed E-state index contributed by atoms with van der Waals surface area (Å²) in [5.74, 6) is -5.57. The van der Waals surface area contributed by atoms with E-state index >= 15 is 0 Å². The Morgan fingerprint density at radius 2 is 1.76 bits per heavy atom. The molecule has 0 saturated carbocycles. The minimum absolute atomic E-state index is 0.0917. The minimum Gasteiger partial charge on any atom is -0.487 e. The van der Waals surface area contributed by atoms with Gasteiger partial charge in [0.25, 0.3) is 5.56 Å². The van der Waals surface area contributed by atoms with Crippen LogP contribution >= 0.6 is 0 Å². The van der Waals surface area contributed by atoms with Crippen LogP contribution in [-0.4, -0.2) is 40.8 Å². The van der Waals surface area contributed by atoms with Gasteiger partial charge in [0.15, 0.2) is 6.61 Å². The van der Waals surface area contributed by atoms with Crippen molar-refractivity contribution < 1.29 is 36.2 Å². The number of halogens is 5. The normalized spacial score (nSPS) is 13.8. The maximum Gasteiger partial charge on any atom is 0.456 e. The fourth-order valence-corrected chi connectivity index (χ4v) is 2.54. The van der Waals surface area contributed by atoms with Gasteiger partial charge in [0, 0.05) is 0 Å². The lowest BCUT2D eigenvalue weighted by molar-refractivity contribution is -0.290. The number of nitrogens with one attached hydrogen (secondary N) is 1. The number of ether oxygens (including phenoxy) is 2. The lowest BCUT2D eigenvalue weighted by Gasteiger charge is -2.20. The van der Waals surface area contributed by atoms with Gasteiger partial charge in [-0.3, -0.25) is 9.59 Å². The summed E-state index contributed by atoms with van der Waals surface area (Å²) in [5, 5.41) is 2.44. The molecule has 156 valence electrons. The first-order chi connectivity index (χ1) is 13.5. The zero-order chi connectivity index (χ0) is 21.4. The summed E-state index contributed by atoms with van der Waals surface area (Å²) in [7, 11) is 0. The van der Waals surface area contributed by atoms with Gasteiger partial charge in [-0.25, -0.2) is 4.57 Å². The lowest BCUT2D eigenvalue weighted by atomic mass is 10.2. The Morgan fingerprint density at radius 3 is 2.34 bits per heavy atom. The van der Waals surface area contributed by atoms with Crippen LogP contribution in [0.25, 0.3) is 5.69 Å². The van der Waals surface area contributed by atoms with Crippen LogP contribution in [0.4, 0.5) is 27.8 Å². The number of carbonyl (C=O) groups is 1. The van der Waals surface area contributed by atoms with Crippen LogP contribution in [0.3, 0.4) is 0 Å². The average molecular weight is 419 g/mol. The van der Waals surface area contributed by atoms with Crippen LogP contribution in [0.2, 0.25) is 0 Å². The number of rotatable bonds is 6. The highest BCUT2D eigenvalue weighted by atomic mass is 19.4. The number of anilines is 1. The van der Waals surface area contributed by atoms with Crippen molar-refractivity contribution >= 4 is 11.7 Å². The third-order valence-electron chi connectivity index (χ3n) is 3.94. The number of carbonyl (C=O) groups excluding carboxylic acids is 1. The Balaban J connectivity index is 1.90. The molecular formula is C17H14F5N3O4.